The van der Waals surface area contributed by atoms with Gasteiger partial charge in [0.15, 0.2) is 0 Å². The van der Waals surface area contributed by atoms with E-state index in [-0.39, 0.29) is 5.32 Å². The van der Waals surface area contributed by atoms with Gasteiger partial charge >= 0.3 is 72.1 Å². The van der Waals surface area contributed by atoms with E-state index >= 15 is 0 Å². The maximum atomic E-state index is 13.9. The molecule has 0 bridgehead atoms. The van der Waals surface area contributed by atoms with Gasteiger partial charge in [-0.05, 0) is 19.3 Å². The highest BCUT2D eigenvalue weighted by atomic mass is 19.4. The van der Waals surface area contributed by atoms with Crippen LogP contribution in [-0.2, 0) is 14.4 Å². The van der Waals surface area contributed by atoms with Gasteiger partial charge in [0.05, 0.1) is 12.0 Å². The van der Waals surface area contributed by atoms with Gasteiger partial charge in [0, 0.05) is 6.54 Å². The summed E-state index contributed by atoms with van der Waals surface area (Å²) in [5, 5.41) is 11.7. The third-order valence-electron chi connectivity index (χ3n) is 6.12. The number of hydrogen-bond donors (Lipinski definition) is 2. The molecule has 6 nitrogen and oxygen atoms in total. The van der Waals surface area contributed by atoms with E-state index in [1.165, 1.54) is 0 Å². The lowest BCUT2D eigenvalue weighted by Gasteiger charge is -2.38. The zero-order valence-corrected chi connectivity index (χ0v) is 22.8. The first-order valence-electron chi connectivity index (χ1n) is 11.9. The molecule has 50 heavy (non-hydrogen) atoms. The summed E-state index contributed by atoms with van der Waals surface area (Å²) >= 11 is 0. The Balaban J connectivity index is 5.79. The summed E-state index contributed by atoms with van der Waals surface area (Å²) in [6.07, 6.45) is -15.9. The molecule has 0 saturated carbocycles. The predicted octanol–water partition coefficient (Wildman–Crippen LogP) is 5.39. The van der Waals surface area contributed by atoms with Crippen molar-refractivity contribution in [1.82, 2.24) is 10.6 Å². The Labute approximate surface area is 258 Å². The van der Waals surface area contributed by atoms with Gasteiger partial charge < -0.3 is 20.5 Å². The Morgan fingerprint density at radius 3 is 1.10 bits per heavy atom. The summed E-state index contributed by atoms with van der Waals surface area (Å²) in [5.74, 6) is -88.4. The lowest BCUT2D eigenvalue weighted by molar-refractivity contribution is -0.407. The van der Waals surface area contributed by atoms with Crippen molar-refractivity contribution in [2.24, 2.45) is 0 Å². The summed E-state index contributed by atoms with van der Waals surface area (Å²) in [4.78, 5) is 33.7. The highest BCUT2D eigenvalue weighted by molar-refractivity contribution is 5.88. The maximum Gasteiger partial charge on any atom is 0.392 e. The molecule has 1 atom stereocenters. The number of amides is 2. The standard InChI is InChI=1S/C20H14F24N2O4/c21-7(22)11(25,26)15(33,34)19(41,42)17(37,38)13(29,30)9(49)45-4-2-1-3-5(6(47)48)46-10(50)14(31,32)18(39,40)20(43,44)16(35,36)12(27,28)8(23)24/h5,7-8H,1-4H2,(H,45,49)(H,46,50)(H,47,48)/p-1. The van der Waals surface area contributed by atoms with Crippen LogP contribution in [0.3, 0.4) is 0 Å². The van der Waals surface area contributed by atoms with Crippen molar-refractivity contribution >= 4 is 17.8 Å². The van der Waals surface area contributed by atoms with E-state index in [0.29, 0.717) is 5.32 Å². The molecule has 0 spiro atoms. The molecule has 0 rings (SSSR count). The fraction of sp³-hybridized carbons (Fsp3) is 0.850. The SMILES string of the molecule is O=C([O-])C(CCCCNC(=O)C(F)(F)C(F)(F)C(F)(F)C(F)(F)C(F)(F)C(F)F)NC(=O)C(F)(F)C(F)(F)C(F)(F)C(F)(F)C(F)(F)C(F)F. The van der Waals surface area contributed by atoms with Crippen molar-refractivity contribution in [3.63, 3.8) is 0 Å². The van der Waals surface area contributed by atoms with Crippen LogP contribution in [0.15, 0.2) is 0 Å². The van der Waals surface area contributed by atoms with Gasteiger partial charge in [0.2, 0.25) is 0 Å². The van der Waals surface area contributed by atoms with E-state index in [9.17, 15) is 125 Å². The van der Waals surface area contributed by atoms with Crippen LogP contribution in [-0.4, -0.2) is 102 Å². The van der Waals surface area contributed by atoms with Crippen LogP contribution >= 0.6 is 0 Å². The first kappa shape index (κ1) is 46.7. The molecule has 0 aromatic carbocycles. The van der Waals surface area contributed by atoms with Gasteiger partial charge in [-0.3, -0.25) is 9.59 Å². The van der Waals surface area contributed by atoms with Crippen LogP contribution in [0.4, 0.5) is 105 Å². The summed E-state index contributed by atoms with van der Waals surface area (Å²) in [6, 6.07) is -3.21. The molecule has 0 aliphatic carbocycles. The lowest BCUT2D eigenvalue weighted by atomic mass is 9.93. The number of nitrogens with one attached hydrogen (secondary N) is 2. The Kier molecular flexibility index (Phi) is 13.1. The average Bonchev–Trinajstić information content (AvgIpc) is 2.94. The second-order valence-electron chi connectivity index (χ2n) is 9.54. The number of hydrogen-bond acceptors (Lipinski definition) is 4. The van der Waals surface area contributed by atoms with Gasteiger partial charge in [-0.25, -0.2) is 17.6 Å². The van der Waals surface area contributed by atoms with E-state index in [1.54, 1.807) is 0 Å². The van der Waals surface area contributed by atoms with E-state index in [0.717, 1.165) is 0 Å². The van der Waals surface area contributed by atoms with Crippen LogP contribution in [0.2, 0.25) is 0 Å². The Hall–Kier alpha value is -3.27. The van der Waals surface area contributed by atoms with Crippen molar-refractivity contribution < 1.29 is 125 Å². The van der Waals surface area contributed by atoms with Gasteiger partial charge in [0.25, 0.3) is 11.8 Å². The van der Waals surface area contributed by atoms with Crippen LogP contribution in [0.1, 0.15) is 19.3 Å². The minimum Gasteiger partial charge on any atom is -0.548 e. The largest absolute Gasteiger partial charge is 0.548 e. The van der Waals surface area contributed by atoms with Crippen molar-refractivity contribution in [2.45, 2.75) is 97.4 Å². The number of rotatable bonds is 19. The monoisotopic (exact) mass is 801 g/mol. The Morgan fingerprint density at radius 1 is 0.480 bits per heavy atom. The first-order valence-corrected chi connectivity index (χ1v) is 11.9. The molecule has 0 heterocycles. The van der Waals surface area contributed by atoms with Gasteiger partial charge in [-0.2, -0.15) is 87.8 Å². The molecule has 1 unspecified atom stereocenters. The number of halogens is 24. The van der Waals surface area contributed by atoms with Crippen LogP contribution in [0, 0.1) is 0 Å². The third kappa shape index (κ3) is 7.24. The number of alkyl halides is 24. The van der Waals surface area contributed by atoms with Gasteiger partial charge in [-0.1, -0.05) is 0 Å². The number of aliphatic carboxylic acids is 1. The van der Waals surface area contributed by atoms with Crippen molar-refractivity contribution in [3.05, 3.63) is 0 Å². The van der Waals surface area contributed by atoms with Gasteiger partial charge in [0.1, 0.15) is 0 Å². The highest BCUT2D eigenvalue weighted by Crippen LogP contribution is 2.59. The molecule has 0 aromatic heterocycles. The minimum absolute atomic E-state index is 0.222. The predicted molar refractivity (Wildman–Crippen MR) is 105 cm³/mol. The second-order valence-corrected chi connectivity index (χ2v) is 9.54. The lowest BCUT2D eigenvalue weighted by Crippen LogP contribution is -2.71. The third-order valence-corrected chi connectivity index (χ3v) is 6.12. The van der Waals surface area contributed by atoms with Crippen molar-refractivity contribution in [3.8, 4) is 0 Å². The molecular formula is C20H13F24N2O4-. The molecule has 2 N–H and O–H groups in total. The Morgan fingerprint density at radius 2 is 0.800 bits per heavy atom. The topological polar surface area (TPSA) is 98.3 Å². The molecular weight excluding hydrogens is 788 g/mol. The van der Waals surface area contributed by atoms with E-state index in [4.69, 9.17) is 0 Å². The fourth-order valence-corrected chi connectivity index (χ4v) is 3.05. The highest BCUT2D eigenvalue weighted by Gasteiger charge is 2.90. The normalized spacial score (nSPS) is 15.7. The number of carboxylic acids is 1. The van der Waals surface area contributed by atoms with Crippen molar-refractivity contribution in [1.29, 1.82) is 0 Å². The molecule has 0 aliphatic rings. The maximum absolute atomic E-state index is 13.9. The van der Waals surface area contributed by atoms with E-state index in [1.807, 2.05) is 0 Å². The molecule has 296 valence electrons. The number of unbranched alkanes of at least 4 members (excludes halogenated alkanes) is 1. The summed E-state index contributed by atoms with van der Waals surface area (Å²) in [5.41, 5.74) is 0. The number of carbonyl (C=O) groups is 3. The first-order chi connectivity index (χ1) is 21.7. The molecule has 0 aromatic rings. The van der Waals surface area contributed by atoms with Crippen LogP contribution in [0.5, 0.6) is 0 Å². The zero-order valence-electron chi connectivity index (χ0n) is 22.8. The molecule has 0 fully saturated rings. The Bertz CT molecular complexity index is 1240. The second kappa shape index (κ2) is 14.0. The average molecular weight is 801 g/mol. The quantitative estimate of drug-likeness (QED) is 0.135. The number of carbonyl (C=O) groups excluding carboxylic acids is 3. The summed E-state index contributed by atoms with van der Waals surface area (Å²) in [7, 11) is 0. The summed E-state index contributed by atoms with van der Waals surface area (Å²) < 4.78 is 316. The van der Waals surface area contributed by atoms with Crippen molar-refractivity contribution in [2.75, 3.05) is 6.54 Å². The van der Waals surface area contributed by atoms with E-state index < -0.39 is 122 Å². The van der Waals surface area contributed by atoms with Gasteiger partial charge in [-0.15, -0.1) is 0 Å². The molecule has 30 heteroatoms. The molecule has 0 radical (unpaired) electrons. The molecule has 0 saturated heterocycles. The van der Waals surface area contributed by atoms with Crippen LogP contribution in [0.25, 0.3) is 0 Å². The van der Waals surface area contributed by atoms with Crippen LogP contribution < -0.4 is 15.7 Å². The van der Waals surface area contributed by atoms with E-state index in [2.05, 4.69) is 0 Å². The molecule has 2 amide bonds. The minimum atomic E-state index is -8.22. The zero-order chi connectivity index (χ0) is 40.7. The number of carboxylic acid groups (broad SMARTS) is 1. The smallest absolute Gasteiger partial charge is 0.392 e. The molecule has 0 aliphatic heterocycles. The fourth-order valence-electron chi connectivity index (χ4n) is 3.05. The summed E-state index contributed by atoms with van der Waals surface area (Å²) in [6.45, 7) is -1.67.